The number of hydrogen-bond donors (Lipinski definition) is 2. The van der Waals surface area contributed by atoms with E-state index >= 15 is 0 Å². The van der Waals surface area contributed by atoms with Crippen LogP contribution in [0.2, 0.25) is 0 Å². The fourth-order valence-corrected chi connectivity index (χ4v) is 4.63. The second-order valence-corrected chi connectivity index (χ2v) is 9.70. The lowest BCUT2D eigenvalue weighted by atomic mass is 10.1. The van der Waals surface area contributed by atoms with E-state index in [1.54, 1.807) is 18.3 Å². The molecule has 0 bridgehead atoms. The van der Waals surface area contributed by atoms with E-state index in [1.807, 2.05) is 13.8 Å². The van der Waals surface area contributed by atoms with E-state index in [-0.39, 0.29) is 39.3 Å². The molecule has 2 heterocycles. The number of amides is 1. The first-order valence-corrected chi connectivity index (χ1v) is 13.2. The third-order valence-corrected chi connectivity index (χ3v) is 6.75. The van der Waals surface area contributed by atoms with E-state index in [4.69, 9.17) is 0 Å². The highest BCUT2D eigenvalue weighted by Crippen LogP contribution is 2.34. The van der Waals surface area contributed by atoms with E-state index in [0.717, 1.165) is 19.8 Å². The molecule has 5 rings (SSSR count). The average Bonchev–Trinajstić information content (AvgIpc) is 3.77. The number of carbonyl (C=O) groups is 1. The Hall–Kier alpha value is -4.68. The minimum atomic E-state index is -5.15. The second kappa shape index (κ2) is 11.3. The molecule has 13 heteroatoms. The van der Waals surface area contributed by atoms with Crippen LogP contribution in [0.4, 0.5) is 34.8 Å². The van der Waals surface area contributed by atoms with Gasteiger partial charge >= 0.3 is 17.8 Å². The van der Waals surface area contributed by atoms with Crippen molar-refractivity contribution in [2.75, 3.05) is 10.6 Å². The molecular formula is C29H29F4N5O4. The van der Waals surface area contributed by atoms with Gasteiger partial charge in [-0.15, -0.1) is 0 Å². The number of hydrogen-bond acceptors (Lipinski definition) is 5. The fourth-order valence-electron chi connectivity index (χ4n) is 4.63. The largest absolute Gasteiger partial charge is 0.471 e. The number of anilines is 3. The molecule has 0 radical (unpaired) electrons. The molecule has 2 aromatic carbocycles. The first-order chi connectivity index (χ1) is 19.8. The van der Waals surface area contributed by atoms with Crippen LogP contribution in [0.25, 0.3) is 16.6 Å². The summed E-state index contributed by atoms with van der Waals surface area (Å²) in [5.74, 6) is -2.91. The molecule has 1 aliphatic rings. The molecule has 2 aromatic heterocycles. The van der Waals surface area contributed by atoms with Crippen molar-refractivity contribution in [3.05, 3.63) is 90.6 Å². The third kappa shape index (κ3) is 5.46. The van der Waals surface area contributed by atoms with Crippen LogP contribution in [0.3, 0.4) is 0 Å². The zero-order chi connectivity index (χ0) is 31.1. The maximum absolute atomic E-state index is 14.8. The topological polar surface area (TPSA) is 107 Å². The number of halogens is 4. The van der Waals surface area contributed by atoms with Crippen molar-refractivity contribution in [3.63, 3.8) is 0 Å². The van der Waals surface area contributed by atoms with E-state index in [0.29, 0.717) is 18.4 Å². The molecule has 0 spiro atoms. The van der Waals surface area contributed by atoms with Crippen LogP contribution in [0, 0.1) is 19.7 Å². The predicted octanol–water partition coefficient (Wildman–Crippen LogP) is 5.21. The van der Waals surface area contributed by atoms with Gasteiger partial charge in [-0.3, -0.25) is 28.1 Å². The minimum Gasteiger partial charge on any atom is -0.338 e. The van der Waals surface area contributed by atoms with Gasteiger partial charge in [0.05, 0.1) is 16.9 Å². The van der Waals surface area contributed by atoms with Crippen LogP contribution >= 0.6 is 0 Å². The highest BCUT2D eigenvalue weighted by molar-refractivity contribution is 5.96. The molecule has 0 unspecified atom stereocenters. The van der Waals surface area contributed by atoms with Crippen molar-refractivity contribution in [1.29, 1.82) is 0 Å². The number of aromatic nitrogens is 3. The summed E-state index contributed by atoms with van der Waals surface area (Å²) in [5.41, 5.74) is -1.80. The number of rotatable bonds is 5. The predicted molar refractivity (Wildman–Crippen MR) is 153 cm³/mol. The van der Waals surface area contributed by atoms with Crippen molar-refractivity contribution < 1.29 is 22.4 Å². The van der Waals surface area contributed by atoms with Gasteiger partial charge in [-0.1, -0.05) is 26.0 Å². The summed E-state index contributed by atoms with van der Waals surface area (Å²) in [5, 5.41) is 4.49. The van der Waals surface area contributed by atoms with Crippen LogP contribution < -0.4 is 27.4 Å². The number of alkyl halides is 3. The Morgan fingerprint density at radius 2 is 1.64 bits per heavy atom. The van der Waals surface area contributed by atoms with Crippen LogP contribution in [-0.4, -0.2) is 25.8 Å². The normalized spacial score (nSPS) is 13.0. The molecule has 42 heavy (non-hydrogen) atoms. The zero-order valence-electron chi connectivity index (χ0n) is 23.5. The van der Waals surface area contributed by atoms with Crippen LogP contribution in [-0.2, 0) is 11.8 Å². The lowest BCUT2D eigenvalue weighted by Gasteiger charge is -2.21. The standard InChI is InChI=1S/C27H23F4N5O4.C2H6/c1-13-7-10-19(18(28)11-13)33-22-20-21(14(2)23(37)34(22)3)35(26(40)36(24(20)38)16-8-9-16)17-6-4-5-15(12-17)32-25(39)27(29,30)31;1-2/h4-7,10-12,16,33H,8-9H2,1-3H3,(H,32,39);1-2H3. The fraction of sp³-hybridized carbons (Fsp3) is 0.310. The Morgan fingerprint density at radius 3 is 2.24 bits per heavy atom. The summed E-state index contributed by atoms with van der Waals surface area (Å²) in [6.45, 7) is 7.11. The Labute approximate surface area is 237 Å². The Kier molecular flexibility index (Phi) is 8.15. The molecule has 1 aliphatic carbocycles. The average molecular weight is 588 g/mol. The SMILES string of the molecule is CC.Cc1ccc(Nc2c3c(=O)n(C4CC4)c(=O)n(-c4cccc(NC(=O)C(F)(F)F)c4)c3c(C)c(=O)n2C)c(F)c1. The van der Waals surface area contributed by atoms with Crippen molar-refractivity contribution in [2.45, 2.75) is 52.8 Å². The van der Waals surface area contributed by atoms with Crippen molar-refractivity contribution >= 4 is 34.0 Å². The highest BCUT2D eigenvalue weighted by atomic mass is 19.4. The lowest BCUT2D eigenvalue weighted by molar-refractivity contribution is -0.167. The zero-order valence-corrected chi connectivity index (χ0v) is 23.5. The molecule has 2 N–H and O–H groups in total. The van der Waals surface area contributed by atoms with E-state index in [1.165, 1.54) is 44.3 Å². The summed E-state index contributed by atoms with van der Waals surface area (Å²) in [7, 11) is 1.40. The van der Waals surface area contributed by atoms with Crippen LogP contribution in [0.15, 0.2) is 56.8 Å². The molecule has 0 saturated heterocycles. The van der Waals surface area contributed by atoms with Crippen LogP contribution in [0.1, 0.15) is 43.9 Å². The number of benzene rings is 2. The van der Waals surface area contributed by atoms with Crippen molar-refractivity contribution in [2.24, 2.45) is 7.05 Å². The molecule has 4 aromatic rings. The van der Waals surface area contributed by atoms with Gasteiger partial charge in [0.2, 0.25) is 0 Å². The van der Waals surface area contributed by atoms with Crippen molar-refractivity contribution in [1.82, 2.24) is 13.7 Å². The second-order valence-electron chi connectivity index (χ2n) is 9.70. The maximum Gasteiger partial charge on any atom is 0.471 e. The summed E-state index contributed by atoms with van der Waals surface area (Å²) >= 11 is 0. The highest BCUT2D eigenvalue weighted by Gasteiger charge is 2.39. The van der Waals surface area contributed by atoms with E-state index < -0.39 is 40.8 Å². The molecule has 9 nitrogen and oxygen atoms in total. The van der Waals surface area contributed by atoms with Gasteiger partial charge in [0.15, 0.2) is 0 Å². The number of fused-ring (bicyclic) bond motifs is 1. The van der Waals surface area contributed by atoms with Gasteiger partial charge in [-0.2, -0.15) is 13.2 Å². The summed E-state index contributed by atoms with van der Waals surface area (Å²) in [4.78, 5) is 52.4. The molecule has 222 valence electrons. The molecular weight excluding hydrogens is 558 g/mol. The van der Waals surface area contributed by atoms with E-state index in [2.05, 4.69) is 5.32 Å². The smallest absolute Gasteiger partial charge is 0.338 e. The Balaban J connectivity index is 0.00000198. The molecule has 1 amide bonds. The van der Waals surface area contributed by atoms with Gasteiger partial charge < -0.3 is 10.6 Å². The summed E-state index contributed by atoms with van der Waals surface area (Å²) in [6, 6.07) is 8.99. The van der Waals surface area contributed by atoms with Gasteiger partial charge in [0, 0.05) is 24.3 Å². The quantitative estimate of drug-likeness (QED) is 0.312. The molecule has 0 atom stereocenters. The Morgan fingerprint density at radius 1 is 0.976 bits per heavy atom. The third-order valence-electron chi connectivity index (χ3n) is 6.75. The minimum absolute atomic E-state index is 0.00759. The number of nitrogens with one attached hydrogen (secondary N) is 2. The lowest BCUT2D eigenvalue weighted by Crippen LogP contribution is -2.41. The van der Waals surface area contributed by atoms with Crippen LogP contribution in [0.5, 0.6) is 0 Å². The van der Waals surface area contributed by atoms with Crippen molar-refractivity contribution in [3.8, 4) is 5.69 Å². The summed E-state index contributed by atoms with van der Waals surface area (Å²) < 4.78 is 56.6. The number of nitrogens with zero attached hydrogens (tertiary/aromatic N) is 3. The van der Waals surface area contributed by atoms with E-state index in [9.17, 15) is 36.7 Å². The van der Waals surface area contributed by atoms with Gasteiger partial charge in [-0.25, -0.2) is 9.18 Å². The number of carbonyl (C=O) groups excluding carboxylic acids is 1. The monoisotopic (exact) mass is 587 g/mol. The molecule has 1 saturated carbocycles. The molecule has 1 fully saturated rings. The Bertz CT molecular complexity index is 1890. The first kappa shape index (κ1) is 30.3. The summed E-state index contributed by atoms with van der Waals surface area (Å²) in [6.07, 6.45) is -4.06. The maximum atomic E-state index is 14.8. The first-order valence-electron chi connectivity index (χ1n) is 13.2. The van der Waals surface area contributed by atoms with Gasteiger partial charge in [-0.05, 0) is 62.6 Å². The van der Waals surface area contributed by atoms with Gasteiger partial charge in [0.25, 0.3) is 11.1 Å². The molecule has 0 aliphatic heterocycles. The van der Waals surface area contributed by atoms with Gasteiger partial charge in [0.1, 0.15) is 17.0 Å². The number of aryl methyl sites for hydroxylation is 2. The number of pyridine rings is 1.